The molecule has 2 aromatic rings. The van der Waals surface area contributed by atoms with Gasteiger partial charge >= 0.3 is 12.1 Å². The van der Waals surface area contributed by atoms with Crippen LogP contribution < -0.4 is 9.47 Å². The van der Waals surface area contributed by atoms with Gasteiger partial charge in [-0.05, 0) is 55.5 Å². The number of hydrogen-bond donors (Lipinski definition) is 0. The number of benzene rings is 2. The van der Waals surface area contributed by atoms with Gasteiger partial charge in [-0.25, -0.2) is 0 Å². The zero-order valence-electron chi connectivity index (χ0n) is 16.9. The summed E-state index contributed by atoms with van der Waals surface area (Å²) >= 11 is 0. The molecule has 0 fully saturated rings. The lowest BCUT2D eigenvalue weighted by Crippen LogP contribution is -2.47. The number of nitrogens with zero attached hydrogens (tertiary/aromatic N) is 1. The molecule has 0 saturated carbocycles. The molecule has 7 heteroatoms. The van der Waals surface area contributed by atoms with Crippen LogP contribution in [-0.2, 0) is 17.6 Å². The molecule has 4 nitrogen and oxygen atoms in total. The standard InChI is InChI=1S/C22H24F3NO3/c1-13-7-14(2)9-15(8-13)10-18-17-12-20(29-4)19(28-3)11-16(17)5-6-26(18)21(27)22(23,24)25/h7-9,11-12,18H,5-6,10H2,1-4H3. The van der Waals surface area contributed by atoms with Gasteiger partial charge < -0.3 is 14.4 Å². The van der Waals surface area contributed by atoms with Crippen molar-refractivity contribution < 1.29 is 27.4 Å². The van der Waals surface area contributed by atoms with E-state index in [0.29, 0.717) is 23.5 Å². The van der Waals surface area contributed by atoms with Crippen molar-refractivity contribution in [2.24, 2.45) is 0 Å². The van der Waals surface area contributed by atoms with Crippen molar-refractivity contribution in [1.82, 2.24) is 4.90 Å². The highest BCUT2D eigenvalue weighted by atomic mass is 19.4. The summed E-state index contributed by atoms with van der Waals surface area (Å²) in [6, 6.07) is 8.63. The third kappa shape index (κ3) is 4.33. The molecule has 1 aliphatic rings. The Bertz CT molecular complexity index is 904. The quantitative estimate of drug-likeness (QED) is 0.746. The van der Waals surface area contributed by atoms with E-state index in [1.54, 1.807) is 12.1 Å². The van der Waals surface area contributed by atoms with E-state index in [9.17, 15) is 18.0 Å². The molecule has 1 unspecified atom stereocenters. The highest BCUT2D eigenvalue weighted by molar-refractivity contribution is 5.82. The minimum atomic E-state index is -4.92. The largest absolute Gasteiger partial charge is 0.493 e. The van der Waals surface area contributed by atoms with Crippen LogP contribution in [0, 0.1) is 13.8 Å². The van der Waals surface area contributed by atoms with E-state index in [1.165, 1.54) is 14.2 Å². The molecule has 0 N–H and O–H groups in total. The predicted octanol–water partition coefficient (Wildman–Crippen LogP) is 4.55. The summed E-state index contributed by atoms with van der Waals surface area (Å²) in [7, 11) is 2.99. The second-order valence-electron chi connectivity index (χ2n) is 7.37. The maximum atomic E-state index is 13.3. The molecular weight excluding hydrogens is 383 g/mol. The zero-order valence-corrected chi connectivity index (χ0v) is 16.9. The molecule has 0 spiro atoms. The first-order valence-electron chi connectivity index (χ1n) is 9.33. The van der Waals surface area contributed by atoms with E-state index in [4.69, 9.17) is 9.47 Å². The molecule has 1 heterocycles. The van der Waals surface area contributed by atoms with E-state index >= 15 is 0 Å². The Morgan fingerprint density at radius 3 is 2.17 bits per heavy atom. The normalized spacial score (nSPS) is 16.4. The number of rotatable bonds is 4. The van der Waals surface area contributed by atoms with Gasteiger partial charge in [0.15, 0.2) is 11.5 Å². The second kappa shape index (κ2) is 7.97. The summed E-state index contributed by atoms with van der Waals surface area (Å²) in [5, 5.41) is 0. The SMILES string of the molecule is COc1cc2c(cc1OC)C(Cc1cc(C)cc(C)c1)N(C(=O)C(F)(F)F)CC2. The summed E-state index contributed by atoms with van der Waals surface area (Å²) < 4.78 is 50.5. The summed E-state index contributed by atoms with van der Waals surface area (Å²) in [6.45, 7) is 3.88. The third-order valence-corrected chi connectivity index (χ3v) is 5.22. The first kappa shape index (κ1) is 21.0. The van der Waals surface area contributed by atoms with Gasteiger partial charge in [0.05, 0.1) is 20.3 Å². The molecular formula is C22H24F3NO3. The Balaban J connectivity index is 2.10. The van der Waals surface area contributed by atoms with Gasteiger partial charge in [-0.15, -0.1) is 0 Å². The van der Waals surface area contributed by atoms with Crippen molar-refractivity contribution in [3.05, 3.63) is 58.1 Å². The van der Waals surface area contributed by atoms with Crippen molar-refractivity contribution in [2.75, 3.05) is 20.8 Å². The maximum absolute atomic E-state index is 13.3. The second-order valence-corrected chi connectivity index (χ2v) is 7.37. The Kier molecular flexibility index (Phi) is 5.78. The molecule has 0 radical (unpaired) electrons. The molecule has 1 amide bonds. The first-order chi connectivity index (χ1) is 13.6. The molecule has 0 aromatic heterocycles. The fourth-order valence-electron chi connectivity index (χ4n) is 4.06. The number of hydrogen-bond acceptors (Lipinski definition) is 3. The Morgan fingerprint density at radius 2 is 1.62 bits per heavy atom. The van der Waals surface area contributed by atoms with E-state index in [0.717, 1.165) is 27.2 Å². The fourth-order valence-corrected chi connectivity index (χ4v) is 4.06. The van der Waals surface area contributed by atoms with Gasteiger partial charge in [-0.1, -0.05) is 29.3 Å². The molecule has 0 bridgehead atoms. The Morgan fingerprint density at radius 1 is 1.03 bits per heavy atom. The zero-order chi connectivity index (χ0) is 21.3. The summed E-state index contributed by atoms with van der Waals surface area (Å²) in [4.78, 5) is 13.1. The van der Waals surface area contributed by atoms with E-state index in [1.807, 2.05) is 32.0 Å². The Hall–Kier alpha value is -2.70. The first-order valence-corrected chi connectivity index (χ1v) is 9.33. The third-order valence-electron chi connectivity index (χ3n) is 5.22. The number of carbonyl (C=O) groups excluding carboxylic acids is 1. The fraction of sp³-hybridized carbons (Fsp3) is 0.409. The topological polar surface area (TPSA) is 38.8 Å². The molecule has 1 aliphatic heterocycles. The van der Waals surface area contributed by atoms with E-state index in [2.05, 4.69) is 0 Å². The average molecular weight is 407 g/mol. The van der Waals surface area contributed by atoms with Crippen molar-refractivity contribution in [3.63, 3.8) is 0 Å². The van der Waals surface area contributed by atoms with Gasteiger partial charge in [0, 0.05) is 6.54 Å². The minimum absolute atomic E-state index is 0.00368. The molecule has 1 atom stereocenters. The van der Waals surface area contributed by atoms with Gasteiger partial charge in [0.1, 0.15) is 0 Å². The summed E-state index contributed by atoms with van der Waals surface area (Å²) in [5.41, 5.74) is 4.46. The number of carbonyl (C=O) groups is 1. The highest BCUT2D eigenvalue weighted by Gasteiger charge is 2.46. The number of fused-ring (bicyclic) bond motifs is 1. The van der Waals surface area contributed by atoms with Crippen LogP contribution in [0.25, 0.3) is 0 Å². The van der Waals surface area contributed by atoms with Crippen LogP contribution in [0.5, 0.6) is 11.5 Å². The van der Waals surface area contributed by atoms with Crippen LogP contribution in [0.4, 0.5) is 13.2 Å². The molecule has 29 heavy (non-hydrogen) atoms. The van der Waals surface area contributed by atoms with E-state index < -0.39 is 18.1 Å². The van der Waals surface area contributed by atoms with Crippen molar-refractivity contribution in [3.8, 4) is 11.5 Å². The lowest BCUT2D eigenvalue weighted by atomic mass is 9.87. The number of amides is 1. The average Bonchev–Trinajstić information content (AvgIpc) is 2.65. The van der Waals surface area contributed by atoms with Gasteiger partial charge in [-0.2, -0.15) is 13.2 Å². The van der Waals surface area contributed by atoms with E-state index in [-0.39, 0.29) is 13.0 Å². The molecule has 0 saturated heterocycles. The lowest BCUT2D eigenvalue weighted by molar-refractivity contribution is -0.188. The molecule has 0 aliphatic carbocycles. The van der Waals surface area contributed by atoms with Crippen LogP contribution >= 0.6 is 0 Å². The maximum Gasteiger partial charge on any atom is 0.471 e. The number of aryl methyl sites for hydroxylation is 2. The predicted molar refractivity (Wildman–Crippen MR) is 103 cm³/mol. The molecule has 156 valence electrons. The number of halogens is 3. The van der Waals surface area contributed by atoms with Crippen molar-refractivity contribution >= 4 is 5.91 Å². The van der Waals surface area contributed by atoms with Crippen LogP contribution in [0.15, 0.2) is 30.3 Å². The number of alkyl halides is 3. The van der Waals surface area contributed by atoms with Crippen molar-refractivity contribution in [1.29, 1.82) is 0 Å². The van der Waals surface area contributed by atoms with Crippen LogP contribution in [0.2, 0.25) is 0 Å². The van der Waals surface area contributed by atoms with Crippen LogP contribution in [0.3, 0.4) is 0 Å². The summed E-state index contributed by atoms with van der Waals surface area (Å²) in [5.74, 6) is -0.864. The van der Waals surface area contributed by atoms with Gasteiger partial charge in [-0.3, -0.25) is 4.79 Å². The van der Waals surface area contributed by atoms with Crippen molar-refractivity contribution in [2.45, 2.75) is 38.9 Å². The molecule has 2 aromatic carbocycles. The van der Waals surface area contributed by atoms with Crippen LogP contribution in [0.1, 0.15) is 33.9 Å². The Labute approximate surface area is 168 Å². The smallest absolute Gasteiger partial charge is 0.471 e. The summed E-state index contributed by atoms with van der Waals surface area (Å²) in [6.07, 6.45) is -4.32. The number of methoxy groups -OCH3 is 2. The molecule has 3 rings (SSSR count). The highest BCUT2D eigenvalue weighted by Crippen LogP contribution is 2.41. The lowest BCUT2D eigenvalue weighted by Gasteiger charge is -2.38. The minimum Gasteiger partial charge on any atom is -0.493 e. The van der Waals surface area contributed by atoms with Crippen LogP contribution in [-0.4, -0.2) is 37.7 Å². The van der Waals surface area contributed by atoms with Gasteiger partial charge in [0.25, 0.3) is 0 Å². The number of ether oxygens (including phenoxy) is 2. The van der Waals surface area contributed by atoms with Gasteiger partial charge in [0.2, 0.25) is 0 Å². The monoisotopic (exact) mass is 407 g/mol.